The summed E-state index contributed by atoms with van der Waals surface area (Å²) in [6.45, 7) is 12.0. The van der Waals surface area contributed by atoms with Crippen LogP contribution in [-0.2, 0) is 4.79 Å². The van der Waals surface area contributed by atoms with E-state index in [2.05, 4.69) is 13.5 Å². The first-order valence-electron chi connectivity index (χ1n) is 7.09. The Morgan fingerprint density at radius 1 is 1.44 bits per heavy atom. The van der Waals surface area contributed by atoms with Gasteiger partial charge in [0.25, 0.3) is 0 Å². The zero-order valence-corrected chi connectivity index (χ0v) is 12.2. The van der Waals surface area contributed by atoms with Crippen molar-refractivity contribution < 1.29 is 4.79 Å². The van der Waals surface area contributed by atoms with Gasteiger partial charge in [-0.3, -0.25) is 4.79 Å². The normalized spacial score (nSPS) is 27.9. The predicted octanol–water partition coefficient (Wildman–Crippen LogP) is 2.57. The van der Waals surface area contributed by atoms with Gasteiger partial charge in [0.1, 0.15) is 0 Å². The largest absolute Gasteiger partial charge is 0.338 e. The van der Waals surface area contributed by atoms with Crippen LogP contribution < -0.4 is 5.73 Å². The molecule has 1 fully saturated rings. The van der Waals surface area contributed by atoms with E-state index >= 15 is 0 Å². The van der Waals surface area contributed by atoms with E-state index < -0.39 is 0 Å². The third-order valence-electron chi connectivity index (χ3n) is 4.21. The SMILES string of the molecule is C=C(C)CN(CC)C(=O)C1(CN)CCC(C)CC1. The van der Waals surface area contributed by atoms with Gasteiger partial charge in [-0.1, -0.05) is 19.1 Å². The van der Waals surface area contributed by atoms with Crippen LogP contribution in [0.1, 0.15) is 46.5 Å². The molecule has 104 valence electrons. The van der Waals surface area contributed by atoms with Crippen LogP contribution in [-0.4, -0.2) is 30.4 Å². The van der Waals surface area contributed by atoms with Crippen molar-refractivity contribution in [2.24, 2.45) is 17.1 Å². The third kappa shape index (κ3) is 3.35. The maximum Gasteiger partial charge on any atom is 0.230 e. The van der Waals surface area contributed by atoms with Crippen LogP contribution in [0.2, 0.25) is 0 Å². The minimum absolute atomic E-state index is 0.238. The molecule has 2 N–H and O–H groups in total. The molecule has 0 aromatic carbocycles. The Kier molecular flexibility index (Phi) is 5.39. The number of carbonyl (C=O) groups is 1. The Bertz CT molecular complexity index is 304. The van der Waals surface area contributed by atoms with Gasteiger partial charge in [-0.05, 0) is 45.4 Å². The van der Waals surface area contributed by atoms with Crippen molar-refractivity contribution in [3.8, 4) is 0 Å². The fourth-order valence-electron chi connectivity index (χ4n) is 2.81. The number of amides is 1. The molecule has 0 saturated heterocycles. The first kappa shape index (κ1) is 15.2. The Morgan fingerprint density at radius 3 is 2.39 bits per heavy atom. The van der Waals surface area contributed by atoms with Crippen LogP contribution >= 0.6 is 0 Å². The summed E-state index contributed by atoms with van der Waals surface area (Å²) < 4.78 is 0. The first-order chi connectivity index (χ1) is 8.45. The van der Waals surface area contributed by atoms with Crippen LogP contribution in [0.5, 0.6) is 0 Å². The Hall–Kier alpha value is -0.830. The molecule has 0 aromatic heterocycles. The van der Waals surface area contributed by atoms with Gasteiger partial charge < -0.3 is 10.6 Å². The molecule has 0 bridgehead atoms. The van der Waals surface area contributed by atoms with Crippen molar-refractivity contribution in [3.63, 3.8) is 0 Å². The quantitative estimate of drug-likeness (QED) is 0.764. The van der Waals surface area contributed by atoms with Crippen molar-refractivity contribution >= 4 is 5.91 Å². The highest BCUT2D eigenvalue weighted by atomic mass is 16.2. The van der Waals surface area contributed by atoms with Gasteiger partial charge in [-0.2, -0.15) is 0 Å². The lowest BCUT2D eigenvalue weighted by molar-refractivity contribution is -0.143. The van der Waals surface area contributed by atoms with Crippen molar-refractivity contribution in [2.45, 2.75) is 46.5 Å². The van der Waals surface area contributed by atoms with E-state index in [-0.39, 0.29) is 11.3 Å². The molecular formula is C15H28N2O. The smallest absolute Gasteiger partial charge is 0.230 e. The summed E-state index contributed by atoms with van der Waals surface area (Å²) in [5.41, 5.74) is 6.66. The van der Waals surface area contributed by atoms with Gasteiger partial charge in [0, 0.05) is 19.6 Å². The molecule has 18 heavy (non-hydrogen) atoms. The number of hydrogen-bond donors (Lipinski definition) is 1. The molecule has 1 aliphatic rings. The molecule has 1 amide bonds. The van der Waals surface area contributed by atoms with Gasteiger partial charge in [0.2, 0.25) is 5.91 Å². The van der Waals surface area contributed by atoms with E-state index in [9.17, 15) is 4.79 Å². The topological polar surface area (TPSA) is 46.3 Å². The minimum Gasteiger partial charge on any atom is -0.338 e. The van der Waals surface area contributed by atoms with Gasteiger partial charge in [-0.15, -0.1) is 0 Å². The lowest BCUT2D eigenvalue weighted by atomic mass is 9.70. The Labute approximate surface area is 111 Å². The summed E-state index contributed by atoms with van der Waals surface area (Å²) in [7, 11) is 0. The second-order valence-corrected chi connectivity index (χ2v) is 5.94. The van der Waals surface area contributed by atoms with Crippen LogP contribution in [0.4, 0.5) is 0 Å². The number of carbonyl (C=O) groups excluding carboxylic acids is 1. The number of likely N-dealkylation sites (N-methyl/N-ethyl adjacent to an activating group) is 1. The molecule has 0 heterocycles. The van der Waals surface area contributed by atoms with E-state index in [0.717, 1.165) is 43.7 Å². The molecule has 1 saturated carbocycles. The fourth-order valence-corrected chi connectivity index (χ4v) is 2.81. The summed E-state index contributed by atoms with van der Waals surface area (Å²) in [5, 5.41) is 0. The molecule has 0 aromatic rings. The number of hydrogen-bond acceptors (Lipinski definition) is 2. The fraction of sp³-hybridized carbons (Fsp3) is 0.800. The summed E-state index contributed by atoms with van der Waals surface area (Å²) in [4.78, 5) is 14.6. The number of nitrogens with two attached hydrogens (primary N) is 1. The van der Waals surface area contributed by atoms with Gasteiger partial charge in [0.15, 0.2) is 0 Å². The van der Waals surface area contributed by atoms with Crippen LogP contribution in [0.25, 0.3) is 0 Å². The molecule has 3 heteroatoms. The maximum absolute atomic E-state index is 12.7. The van der Waals surface area contributed by atoms with Crippen molar-refractivity contribution in [1.29, 1.82) is 0 Å². The average Bonchev–Trinajstić information content (AvgIpc) is 2.36. The maximum atomic E-state index is 12.7. The summed E-state index contributed by atoms with van der Waals surface area (Å²) in [6.07, 6.45) is 4.12. The minimum atomic E-state index is -0.308. The summed E-state index contributed by atoms with van der Waals surface area (Å²) >= 11 is 0. The summed E-state index contributed by atoms with van der Waals surface area (Å²) in [5.74, 6) is 0.969. The molecule has 0 aliphatic heterocycles. The lowest BCUT2D eigenvalue weighted by Crippen LogP contribution is -2.50. The van der Waals surface area contributed by atoms with Crippen LogP contribution in [0.3, 0.4) is 0 Å². The zero-order chi connectivity index (χ0) is 13.8. The molecule has 1 aliphatic carbocycles. The highest BCUT2D eigenvalue weighted by Crippen LogP contribution is 2.39. The molecule has 3 nitrogen and oxygen atoms in total. The monoisotopic (exact) mass is 252 g/mol. The standard InChI is InChI=1S/C15H28N2O/c1-5-17(10-12(2)3)14(18)15(11-16)8-6-13(4)7-9-15/h13H,2,5-11,16H2,1,3-4H3. The average molecular weight is 252 g/mol. The Morgan fingerprint density at radius 2 is 2.00 bits per heavy atom. The highest BCUT2D eigenvalue weighted by molar-refractivity contribution is 5.83. The summed E-state index contributed by atoms with van der Waals surface area (Å²) in [6, 6.07) is 0. The van der Waals surface area contributed by atoms with E-state index in [1.165, 1.54) is 0 Å². The highest BCUT2D eigenvalue weighted by Gasteiger charge is 2.41. The molecule has 0 unspecified atom stereocenters. The second-order valence-electron chi connectivity index (χ2n) is 5.94. The molecule has 0 spiro atoms. The molecular weight excluding hydrogens is 224 g/mol. The molecule has 1 rings (SSSR count). The van der Waals surface area contributed by atoms with Crippen molar-refractivity contribution in [1.82, 2.24) is 4.90 Å². The first-order valence-corrected chi connectivity index (χ1v) is 7.09. The van der Waals surface area contributed by atoms with Gasteiger partial charge in [0.05, 0.1) is 5.41 Å². The van der Waals surface area contributed by atoms with E-state index in [4.69, 9.17) is 5.73 Å². The van der Waals surface area contributed by atoms with E-state index in [0.29, 0.717) is 13.1 Å². The second kappa shape index (κ2) is 6.37. The van der Waals surface area contributed by atoms with Gasteiger partial charge >= 0.3 is 0 Å². The van der Waals surface area contributed by atoms with E-state index in [1.54, 1.807) is 0 Å². The zero-order valence-electron chi connectivity index (χ0n) is 12.2. The van der Waals surface area contributed by atoms with Crippen LogP contribution in [0.15, 0.2) is 12.2 Å². The lowest BCUT2D eigenvalue weighted by Gasteiger charge is -2.40. The third-order valence-corrected chi connectivity index (χ3v) is 4.21. The van der Waals surface area contributed by atoms with E-state index in [1.807, 2.05) is 18.7 Å². The number of rotatable bonds is 5. The van der Waals surface area contributed by atoms with Crippen molar-refractivity contribution in [3.05, 3.63) is 12.2 Å². The van der Waals surface area contributed by atoms with Crippen molar-refractivity contribution in [2.75, 3.05) is 19.6 Å². The predicted molar refractivity (Wildman–Crippen MR) is 76.2 cm³/mol. The Balaban J connectivity index is 2.80. The van der Waals surface area contributed by atoms with Gasteiger partial charge in [-0.25, -0.2) is 0 Å². The molecule has 0 radical (unpaired) electrons. The number of nitrogens with zero attached hydrogens (tertiary/aromatic N) is 1. The molecule has 0 atom stereocenters. The van der Waals surface area contributed by atoms with Crippen LogP contribution in [0, 0.1) is 11.3 Å².